The van der Waals surface area contributed by atoms with Crippen molar-refractivity contribution in [2.24, 2.45) is 0 Å². The lowest BCUT2D eigenvalue weighted by Crippen LogP contribution is -2.26. The Balaban J connectivity index is 2.63. The third-order valence-corrected chi connectivity index (χ3v) is 2.34. The lowest BCUT2D eigenvalue weighted by atomic mass is 10.2. The van der Waals surface area contributed by atoms with Crippen molar-refractivity contribution in [2.45, 2.75) is 13.5 Å². The summed E-state index contributed by atoms with van der Waals surface area (Å²) >= 11 is 0. The Kier molecular flexibility index (Phi) is 5.49. The number of hydrogen-bond acceptors (Lipinski definition) is 4. The second-order valence-corrected chi connectivity index (χ2v) is 3.79. The van der Waals surface area contributed by atoms with Crippen molar-refractivity contribution in [1.29, 1.82) is 0 Å². The second-order valence-electron chi connectivity index (χ2n) is 3.79. The number of para-hydroxylation sites is 1. The molecule has 0 saturated heterocycles. The summed E-state index contributed by atoms with van der Waals surface area (Å²) in [6, 6.07) is 7.84. The van der Waals surface area contributed by atoms with Gasteiger partial charge in [-0.2, -0.15) is 0 Å². The van der Waals surface area contributed by atoms with E-state index in [4.69, 9.17) is 4.74 Å². The maximum atomic E-state index is 11.1. The minimum atomic E-state index is -0.235. The fourth-order valence-corrected chi connectivity index (χ4v) is 1.56. The van der Waals surface area contributed by atoms with E-state index in [1.807, 2.05) is 43.1 Å². The predicted octanol–water partition coefficient (Wildman–Crippen LogP) is 1.69. The van der Waals surface area contributed by atoms with E-state index in [0.717, 1.165) is 11.3 Å². The zero-order valence-corrected chi connectivity index (χ0v) is 10.6. The molecule has 0 radical (unpaired) electrons. The van der Waals surface area contributed by atoms with Gasteiger partial charge in [0.15, 0.2) is 0 Å². The Morgan fingerprint density at radius 3 is 2.71 bits per heavy atom. The number of ether oxygens (including phenoxy) is 2. The van der Waals surface area contributed by atoms with E-state index in [2.05, 4.69) is 4.74 Å². The van der Waals surface area contributed by atoms with Gasteiger partial charge in [0.2, 0.25) is 0 Å². The van der Waals surface area contributed by atoms with Crippen LogP contribution in [0, 0.1) is 0 Å². The molecule has 4 heteroatoms. The van der Waals surface area contributed by atoms with Crippen molar-refractivity contribution >= 4 is 5.97 Å². The first-order valence-electron chi connectivity index (χ1n) is 5.63. The SMILES string of the molecule is CCOc1ccccc1CN(C)CC(=O)OC. The van der Waals surface area contributed by atoms with Crippen LogP contribution in [0.2, 0.25) is 0 Å². The molecule has 0 unspecified atom stereocenters. The van der Waals surface area contributed by atoms with Crippen LogP contribution in [0.1, 0.15) is 12.5 Å². The van der Waals surface area contributed by atoms with Gasteiger partial charge in [-0.25, -0.2) is 0 Å². The average molecular weight is 237 g/mol. The van der Waals surface area contributed by atoms with Crippen LogP contribution >= 0.6 is 0 Å². The van der Waals surface area contributed by atoms with Crippen molar-refractivity contribution in [3.8, 4) is 5.75 Å². The monoisotopic (exact) mass is 237 g/mol. The third kappa shape index (κ3) is 4.44. The molecular formula is C13H19NO3. The largest absolute Gasteiger partial charge is 0.494 e. The molecule has 17 heavy (non-hydrogen) atoms. The Labute approximate surface area is 102 Å². The van der Waals surface area contributed by atoms with E-state index >= 15 is 0 Å². The molecule has 1 rings (SSSR count). The maximum absolute atomic E-state index is 11.1. The summed E-state index contributed by atoms with van der Waals surface area (Å²) in [5.41, 5.74) is 1.07. The first kappa shape index (κ1) is 13.5. The number of benzene rings is 1. The summed E-state index contributed by atoms with van der Waals surface area (Å²) in [6.07, 6.45) is 0. The highest BCUT2D eigenvalue weighted by Crippen LogP contribution is 2.19. The van der Waals surface area contributed by atoms with Gasteiger partial charge in [0, 0.05) is 12.1 Å². The van der Waals surface area contributed by atoms with Crippen LogP contribution in [-0.4, -0.2) is 38.2 Å². The summed E-state index contributed by atoms with van der Waals surface area (Å²) in [6.45, 7) is 3.52. The van der Waals surface area contributed by atoms with Gasteiger partial charge < -0.3 is 9.47 Å². The molecule has 0 fully saturated rings. The van der Waals surface area contributed by atoms with Crippen molar-refractivity contribution in [3.63, 3.8) is 0 Å². The Bertz CT molecular complexity index is 365. The molecule has 0 amide bonds. The Morgan fingerprint density at radius 2 is 2.06 bits per heavy atom. The van der Waals surface area contributed by atoms with Gasteiger partial charge in [0.25, 0.3) is 0 Å². The maximum Gasteiger partial charge on any atom is 0.319 e. The number of nitrogens with zero attached hydrogens (tertiary/aromatic N) is 1. The Morgan fingerprint density at radius 1 is 1.35 bits per heavy atom. The van der Waals surface area contributed by atoms with Crippen LogP contribution in [0.15, 0.2) is 24.3 Å². The van der Waals surface area contributed by atoms with Crippen LogP contribution in [0.4, 0.5) is 0 Å². The molecule has 94 valence electrons. The summed E-state index contributed by atoms with van der Waals surface area (Å²) in [5.74, 6) is 0.633. The molecule has 0 spiro atoms. The van der Waals surface area contributed by atoms with Crippen molar-refractivity contribution in [2.75, 3.05) is 27.3 Å². The molecular weight excluding hydrogens is 218 g/mol. The minimum Gasteiger partial charge on any atom is -0.494 e. The van der Waals surface area contributed by atoms with Crippen LogP contribution in [0.3, 0.4) is 0 Å². The van der Waals surface area contributed by atoms with Gasteiger partial charge in [0.05, 0.1) is 20.3 Å². The van der Waals surface area contributed by atoms with E-state index in [1.54, 1.807) is 0 Å². The first-order chi connectivity index (χ1) is 8.17. The van der Waals surface area contributed by atoms with Gasteiger partial charge in [-0.1, -0.05) is 18.2 Å². The van der Waals surface area contributed by atoms with Gasteiger partial charge in [-0.3, -0.25) is 9.69 Å². The number of esters is 1. The molecule has 0 aliphatic carbocycles. The lowest BCUT2D eigenvalue weighted by Gasteiger charge is -2.17. The average Bonchev–Trinajstić information content (AvgIpc) is 2.31. The quantitative estimate of drug-likeness (QED) is 0.706. The summed E-state index contributed by atoms with van der Waals surface area (Å²) < 4.78 is 10.2. The topological polar surface area (TPSA) is 38.8 Å². The fourth-order valence-electron chi connectivity index (χ4n) is 1.56. The number of hydrogen-bond donors (Lipinski definition) is 0. The number of carbonyl (C=O) groups is 1. The van der Waals surface area contributed by atoms with Crippen LogP contribution in [0.25, 0.3) is 0 Å². The molecule has 0 bridgehead atoms. The van der Waals surface area contributed by atoms with Crippen LogP contribution < -0.4 is 4.74 Å². The third-order valence-electron chi connectivity index (χ3n) is 2.34. The molecule has 0 atom stereocenters. The van der Waals surface area contributed by atoms with Crippen LogP contribution in [-0.2, 0) is 16.1 Å². The van der Waals surface area contributed by atoms with Gasteiger partial charge in [0.1, 0.15) is 5.75 Å². The molecule has 0 aliphatic heterocycles. The van der Waals surface area contributed by atoms with E-state index in [1.165, 1.54) is 7.11 Å². The molecule has 0 aliphatic rings. The highest BCUT2D eigenvalue weighted by Gasteiger charge is 2.09. The number of carbonyl (C=O) groups excluding carboxylic acids is 1. The molecule has 1 aromatic rings. The molecule has 0 N–H and O–H groups in total. The smallest absolute Gasteiger partial charge is 0.319 e. The zero-order valence-electron chi connectivity index (χ0n) is 10.6. The standard InChI is InChI=1S/C13H19NO3/c1-4-17-12-8-6-5-7-11(12)9-14(2)10-13(15)16-3/h5-8H,4,9-10H2,1-3H3. The zero-order chi connectivity index (χ0) is 12.7. The molecule has 1 aromatic carbocycles. The highest BCUT2D eigenvalue weighted by atomic mass is 16.5. The predicted molar refractivity (Wildman–Crippen MR) is 66.0 cm³/mol. The van der Waals surface area contributed by atoms with E-state index in [0.29, 0.717) is 13.2 Å². The molecule has 0 saturated carbocycles. The second kappa shape index (κ2) is 6.91. The molecule has 0 heterocycles. The fraction of sp³-hybridized carbons (Fsp3) is 0.462. The lowest BCUT2D eigenvalue weighted by molar-refractivity contribution is -0.141. The number of methoxy groups -OCH3 is 1. The van der Waals surface area contributed by atoms with E-state index < -0.39 is 0 Å². The van der Waals surface area contributed by atoms with E-state index in [9.17, 15) is 4.79 Å². The summed E-state index contributed by atoms with van der Waals surface area (Å²) in [5, 5.41) is 0. The van der Waals surface area contributed by atoms with Gasteiger partial charge >= 0.3 is 5.97 Å². The normalized spacial score (nSPS) is 10.4. The first-order valence-corrected chi connectivity index (χ1v) is 5.63. The summed E-state index contributed by atoms with van der Waals surface area (Å²) in [4.78, 5) is 13.0. The Hall–Kier alpha value is -1.55. The van der Waals surface area contributed by atoms with Crippen molar-refractivity contribution in [1.82, 2.24) is 4.90 Å². The van der Waals surface area contributed by atoms with Gasteiger partial charge in [-0.15, -0.1) is 0 Å². The number of likely N-dealkylation sites (N-methyl/N-ethyl adjacent to an activating group) is 1. The number of rotatable bonds is 6. The molecule has 0 aromatic heterocycles. The van der Waals surface area contributed by atoms with Crippen molar-refractivity contribution in [3.05, 3.63) is 29.8 Å². The van der Waals surface area contributed by atoms with E-state index in [-0.39, 0.29) is 12.5 Å². The van der Waals surface area contributed by atoms with Crippen LogP contribution in [0.5, 0.6) is 5.75 Å². The molecule has 4 nitrogen and oxygen atoms in total. The minimum absolute atomic E-state index is 0.235. The highest BCUT2D eigenvalue weighted by molar-refractivity contribution is 5.71. The van der Waals surface area contributed by atoms with Gasteiger partial charge in [-0.05, 0) is 20.0 Å². The summed E-state index contributed by atoms with van der Waals surface area (Å²) in [7, 11) is 3.27. The van der Waals surface area contributed by atoms with Crippen molar-refractivity contribution < 1.29 is 14.3 Å².